The lowest BCUT2D eigenvalue weighted by atomic mass is 9.78. The van der Waals surface area contributed by atoms with Crippen molar-refractivity contribution in [1.82, 2.24) is 10.6 Å². The highest BCUT2D eigenvalue weighted by atomic mass is 127. The van der Waals surface area contributed by atoms with E-state index in [1.54, 1.807) is 0 Å². The van der Waals surface area contributed by atoms with Crippen LogP contribution in [0.3, 0.4) is 0 Å². The van der Waals surface area contributed by atoms with Gasteiger partial charge in [0.1, 0.15) is 0 Å². The molecular weight excluding hydrogens is 469 g/mol. The van der Waals surface area contributed by atoms with Crippen LogP contribution in [-0.4, -0.2) is 64.2 Å². The second kappa shape index (κ2) is 14.0. The van der Waals surface area contributed by atoms with Gasteiger partial charge in [0, 0.05) is 52.0 Å². The number of nitrogens with zero attached hydrogens (tertiary/aromatic N) is 1. The molecule has 0 spiro atoms. The standard InChI is InChI=1S/C21H41N3O3.HI/c1-5-22-20(23-11-7-13-26-18-9-14-25-15-10-18)24-16-17-8-6-12-27-19(17)21(2,3)4;/h17-19H,5-16H2,1-4H3,(H2,22,23,24);1H. The normalized spacial score (nSPS) is 24.5. The number of guanidine groups is 1. The van der Waals surface area contributed by atoms with Gasteiger partial charge in [-0.1, -0.05) is 20.8 Å². The average Bonchev–Trinajstić information content (AvgIpc) is 2.66. The Balaban J connectivity index is 0.00000392. The first-order valence-corrected chi connectivity index (χ1v) is 10.8. The van der Waals surface area contributed by atoms with Crippen LogP contribution in [0.1, 0.15) is 59.8 Å². The predicted octanol–water partition coefficient (Wildman–Crippen LogP) is 3.59. The van der Waals surface area contributed by atoms with Crippen molar-refractivity contribution in [3.05, 3.63) is 0 Å². The zero-order chi connectivity index (χ0) is 19.5. The number of ether oxygens (including phenoxy) is 3. The molecule has 2 N–H and O–H groups in total. The van der Waals surface area contributed by atoms with Crippen LogP contribution in [0, 0.1) is 11.3 Å². The third-order valence-electron chi connectivity index (χ3n) is 5.26. The Morgan fingerprint density at radius 2 is 1.86 bits per heavy atom. The average molecular weight is 511 g/mol. The highest BCUT2D eigenvalue weighted by molar-refractivity contribution is 14.0. The van der Waals surface area contributed by atoms with E-state index in [4.69, 9.17) is 19.2 Å². The molecule has 7 heteroatoms. The fourth-order valence-corrected chi connectivity index (χ4v) is 3.91. The molecular formula is C21H42IN3O3. The van der Waals surface area contributed by atoms with Gasteiger partial charge in [0.25, 0.3) is 0 Å². The molecule has 0 aromatic rings. The maximum Gasteiger partial charge on any atom is 0.191 e. The third-order valence-corrected chi connectivity index (χ3v) is 5.26. The fraction of sp³-hybridized carbons (Fsp3) is 0.952. The molecule has 2 rings (SSSR count). The lowest BCUT2D eigenvalue weighted by Gasteiger charge is -2.39. The van der Waals surface area contributed by atoms with E-state index in [0.717, 1.165) is 77.7 Å². The summed E-state index contributed by atoms with van der Waals surface area (Å²) in [5.41, 5.74) is 0.161. The molecule has 166 valence electrons. The van der Waals surface area contributed by atoms with Crippen LogP contribution in [0.4, 0.5) is 0 Å². The SMILES string of the molecule is CCNC(=NCC1CCCOC1C(C)(C)C)NCCCOC1CCOCC1.I. The molecule has 0 saturated carbocycles. The van der Waals surface area contributed by atoms with Crippen LogP contribution in [0.5, 0.6) is 0 Å². The topological polar surface area (TPSA) is 64.1 Å². The summed E-state index contributed by atoms with van der Waals surface area (Å²) in [6, 6.07) is 0. The Morgan fingerprint density at radius 3 is 2.54 bits per heavy atom. The number of hydrogen-bond donors (Lipinski definition) is 2. The lowest BCUT2D eigenvalue weighted by Crippen LogP contribution is -2.43. The van der Waals surface area contributed by atoms with Crippen molar-refractivity contribution >= 4 is 29.9 Å². The van der Waals surface area contributed by atoms with Gasteiger partial charge < -0.3 is 24.8 Å². The highest BCUT2D eigenvalue weighted by Crippen LogP contribution is 2.34. The largest absolute Gasteiger partial charge is 0.381 e. The molecule has 2 saturated heterocycles. The Hall–Kier alpha value is -0.120. The summed E-state index contributed by atoms with van der Waals surface area (Å²) in [4.78, 5) is 4.85. The Labute approximate surface area is 189 Å². The molecule has 0 aromatic carbocycles. The molecule has 0 radical (unpaired) electrons. The van der Waals surface area contributed by atoms with E-state index >= 15 is 0 Å². The van der Waals surface area contributed by atoms with Crippen molar-refractivity contribution in [2.75, 3.05) is 46.1 Å². The minimum Gasteiger partial charge on any atom is -0.381 e. The molecule has 6 nitrogen and oxygen atoms in total. The maximum absolute atomic E-state index is 6.08. The zero-order valence-electron chi connectivity index (χ0n) is 18.3. The molecule has 2 heterocycles. The number of hydrogen-bond acceptors (Lipinski definition) is 4. The second-order valence-electron chi connectivity index (χ2n) is 8.74. The molecule has 2 unspecified atom stereocenters. The minimum absolute atomic E-state index is 0. The van der Waals surface area contributed by atoms with E-state index in [9.17, 15) is 0 Å². The van der Waals surface area contributed by atoms with E-state index in [0.29, 0.717) is 12.0 Å². The van der Waals surface area contributed by atoms with Gasteiger partial charge >= 0.3 is 0 Å². The van der Waals surface area contributed by atoms with Crippen molar-refractivity contribution in [2.45, 2.75) is 72.0 Å². The van der Waals surface area contributed by atoms with Gasteiger partial charge in [-0.3, -0.25) is 4.99 Å². The van der Waals surface area contributed by atoms with Crippen molar-refractivity contribution < 1.29 is 14.2 Å². The Bertz CT molecular complexity index is 437. The first kappa shape index (κ1) is 25.9. The smallest absolute Gasteiger partial charge is 0.191 e. The van der Waals surface area contributed by atoms with E-state index < -0.39 is 0 Å². The summed E-state index contributed by atoms with van der Waals surface area (Å²) < 4.78 is 17.4. The quantitative estimate of drug-likeness (QED) is 0.226. The summed E-state index contributed by atoms with van der Waals surface area (Å²) in [6.45, 7) is 14.8. The van der Waals surface area contributed by atoms with Gasteiger partial charge in [-0.2, -0.15) is 0 Å². The Morgan fingerprint density at radius 1 is 1.11 bits per heavy atom. The maximum atomic E-state index is 6.08. The monoisotopic (exact) mass is 511 g/mol. The minimum atomic E-state index is 0. The number of aliphatic imine (C=N–C) groups is 1. The van der Waals surface area contributed by atoms with Crippen LogP contribution < -0.4 is 10.6 Å². The Kier molecular flexibility index (Phi) is 12.9. The molecule has 0 aromatic heterocycles. The van der Waals surface area contributed by atoms with Crippen LogP contribution in [0.25, 0.3) is 0 Å². The molecule has 2 fully saturated rings. The fourth-order valence-electron chi connectivity index (χ4n) is 3.91. The third kappa shape index (κ3) is 9.59. The molecule has 0 bridgehead atoms. The van der Waals surface area contributed by atoms with Gasteiger partial charge in [-0.25, -0.2) is 0 Å². The van der Waals surface area contributed by atoms with Crippen LogP contribution in [-0.2, 0) is 14.2 Å². The molecule has 28 heavy (non-hydrogen) atoms. The van der Waals surface area contributed by atoms with E-state index in [-0.39, 0.29) is 35.5 Å². The van der Waals surface area contributed by atoms with Crippen LogP contribution in [0.15, 0.2) is 4.99 Å². The molecule has 2 atom stereocenters. The lowest BCUT2D eigenvalue weighted by molar-refractivity contribution is -0.0823. The highest BCUT2D eigenvalue weighted by Gasteiger charge is 2.35. The van der Waals surface area contributed by atoms with Gasteiger partial charge in [0.05, 0.1) is 12.2 Å². The van der Waals surface area contributed by atoms with E-state index in [1.165, 1.54) is 6.42 Å². The molecule has 2 aliphatic rings. The summed E-state index contributed by atoms with van der Waals surface area (Å²) in [5, 5.41) is 6.80. The van der Waals surface area contributed by atoms with Crippen molar-refractivity contribution in [2.24, 2.45) is 16.3 Å². The molecule has 2 aliphatic heterocycles. The van der Waals surface area contributed by atoms with E-state index in [1.807, 2.05) is 0 Å². The zero-order valence-corrected chi connectivity index (χ0v) is 20.6. The molecule has 0 amide bonds. The van der Waals surface area contributed by atoms with Gasteiger partial charge in [0.15, 0.2) is 5.96 Å². The van der Waals surface area contributed by atoms with Gasteiger partial charge in [-0.05, 0) is 44.4 Å². The van der Waals surface area contributed by atoms with Crippen molar-refractivity contribution in [3.63, 3.8) is 0 Å². The summed E-state index contributed by atoms with van der Waals surface area (Å²) in [6.07, 6.45) is 6.03. The number of halogens is 1. The van der Waals surface area contributed by atoms with Crippen LogP contribution in [0.2, 0.25) is 0 Å². The van der Waals surface area contributed by atoms with Crippen molar-refractivity contribution in [3.8, 4) is 0 Å². The predicted molar refractivity (Wildman–Crippen MR) is 126 cm³/mol. The summed E-state index contributed by atoms with van der Waals surface area (Å²) in [5.74, 6) is 1.40. The van der Waals surface area contributed by atoms with E-state index in [2.05, 4.69) is 38.3 Å². The summed E-state index contributed by atoms with van der Waals surface area (Å²) in [7, 11) is 0. The first-order valence-electron chi connectivity index (χ1n) is 10.8. The van der Waals surface area contributed by atoms with Gasteiger partial charge in [0.2, 0.25) is 0 Å². The second-order valence-corrected chi connectivity index (χ2v) is 8.74. The molecule has 0 aliphatic carbocycles. The van der Waals surface area contributed by atoms with Gasteiger partial charge in [-0.15, -0.1) is 24.0 Å². The first-order chi connectivity index (χ1) is 13.0. The number of nitrogens with one attached hydrogen (secondary N) is 2. The van der Waals surface area contributed by atoms with Crippen LogP contribution >= 0.6 is 24.0 Å². The number of rotatable bonds is 8. The summed E-state index contributed by atoms with van der Waals surface area (Å²) >= 11 is 0. The van der Waals surface area contributed by atoms with Crippen molar-refractivity contribution in [1.29, 1.82) is 0 Å².